The van der Waals surface area contributed by atoms with Gasteiger partial charge in [-0.2, -0.15) is 0 Å². The van der Waals surface area contributed by atoms with Gasteiger partial charge in [0.25, 0.3) is 0 Å². The number of carbonyl (C=O) groups excluding carboxylic acids is 1. The lowest BCUT2D eigenvalue weighted by Gasteiger charge is -2.18. The van der Waals surface area contributed by atoms with Gasteiger partial charge in [-0.15, -0.1) is 0 Å². The van der Waals surface area contributed by atoms with Crippen LogP contribution in [-0.4, -0.2) is 52.0 Å². The van der Waals surface area contributed by atoms with Crippen molar-refractivity contribution in [2.45, 2.75) is 12.5 Å². The quantitative estimate of drug-likeness (QED) is 0.347. The smallest absolute Gasteiger partial charge is 0.247 e. The van der Waals surface area contributed by atoms with E-state index in [2.05, 4.69) is 37.1 Å². The molecule has 0 spiro atoms. The normalized spacial score (nSPS) is 15.5. The number of halogens is 2. The summed E-state index contributed by atoms with van der Waals surface area (Å²) >= 11 is 0. The molecule has 1 atom stereocenters. The molecule has 1 unspecified atom stereocenters. The molecule has 37 heavy (non-hydrogen) atoms. The SMILES string of the molecule is C=CC(=O)Nc1cc2c(Nc3cncc(-c4c(F)cccc4F)c3)ncnc2cc1OC1CCN(C)C1. The minimum Gasteiger partial charge on any atom is -0.487 e. The summed E-state index contributed by atoms with van der Waals surface area (Å²) in [6.07, 6.45) is 6.33. The van der Waals surface area contributed by atoms with E-state index >= 15 is 0 Å². The van der Waals surface area contributed by atoms with Crippen LogP contribution in [0.25, 0.3) is 22.0 Å². The van der Waals surface area contributed by atoms with Crippen molar-refractivity contribution >= 4 is 34.0 Å². The first-order valence-electron chi connectivity index (χ1n) is 11.6. The highest BCUT2D eigenvalue weighted by Gasteiger charge is 2.23. The van der Waals surface area contributed by atoms with Crippen LogP contribution in [0, 0.1) is 11.6 Å². The van der Waals surface area contributed by atoms with Crippen LogP contribution in [0.4, 0.5) is 26.0 Å². The van der Waals surface area contributed by atoms with Gasteiger partial charge in [-0.25, -0.2) is 18.7 Å². The lowest BCUT2D eigenvalue weighted by molar-refractivity contribution is -0.111. The summed E-state index contributed by atoms with van der Waals surface area (Å²) in [5.41, 5.74) is 1.60. The Hall–Kier alpha value is -4.44. The first kappa shape index (κ1) is 24.3. The number of ether oxygens (including phenoxy) is 1. The number of likely N-dealkylation sites (N-methyl/N-ethyl adjacent to an activating group) is 1. The van der Waals surface area contributed by atoms with Gasteiger partial charge in [0.15, 0.2) is 0 Å². The number of amides is 1. The number of aromatic nitrogens is 3. The molecule has 0 aliphatic carbocycles. The summed E-state index contributed by atoms with van der Waals surface area (Å²) in [5.74, 6) is -0.849. The lowest BCUT2D eigenvalue weighted by atomic mass is 10.1. The van der Waals surface area contributed by atoms with E-state index in [1.807, 2.05) is 7.05 Å². The van der Waals surface area contributed by atoms with Crippen molar-refractivity contribution in [1.82, 2.24) is 19.9 Å². The van der Waals surface area contributed by atoms with Gasteiger partial charge in [0, 0.05) is 36.3 Å². The molecule has 2 N–H and O–H groups in total. The molecule has 1 amide bonds. The molecule has 5 rings (SSSR count). The highest BCUT2D eigenvalue weighted by atomic mass is 19.1. The molecule has 2 aromatic carbocycles. The predicted octanol–water partition coefficient (Wildman–Crippen LogP) is 4.92. The Balaban J connectivity index is 1.51. The maximum Gasteiger partial charge on any atom is 0.247 e. The third-order valence-electron chi connectivity index (χ3n) is 6.07. The number of likely N-dealkylation sites (tertiary alicyclic amines) is 1. The second kappa shape index (κ2) is 10.3. The van der Waals surface area contributed by atoms with Crippen molar-refractivity contribution in [3.05, 3.63) is 79.4 Å². The van der Waals surface area contributed by atoms with Gasteiger partial charge in [0.2, 0.25) is 5.91 Å². The molecule has 1 aliphatic rings. The van der Waals surface area contributed by atoms with E-state index < -0.39 is 11.6 Å². The van der Waals surface area contributed by atoms with E-state index in [1.54, 1.807) is 18.2 Å². The molecule has 8 nitrogen and oxygen atoms in total. The van der Waals surface area contributed by atoms with Crippen LogP contribution in [0.1, 0.15) is 6.42 Å². The van der Waals surface area contributed by atoms with E-state index in [4.69, 9.17) is 4.74 Å². The van der Waals surface area contributed by atoms with Gasteiger partial charge in [-0.1, -0.05) is 12.6 Å². The van der Waals surface area contributed by atoms with Crippen LogP contribution in [0.15, 0.2) is 67.8 Å². The van der Waals surface area contributed by atoms with Crippen LogP contribution < -0.4 is 15.4 Å². The maximum absolute atomic E-state index is 14.3. The van der Waals surface area contributed by atoms with E-state index in [0.717, 1.165) is 19.5 Å². The number of anilines is 3. The average molecular weight is 503 g/mol. The molecular formula is C27H24F2N6O2. The molecule has 10 heteroatoms. The first-order valence-corrected chi connectivity index (χ1v) is 11.6. The zero-order chi connectivity index (χ0) is 25.9. The van der Waals surface area contributed by atoms with Gasteiger partial charge in [-0.05, 0) is 43.8 Å². The van der Waals surface area contributed by atoms with Gasteiger partial charge >= 0.3 is 0 Å². The molecule has 1 fully saturated rings. The van der Waals surface area contributed by atoms with Crippen molar-refractivity contribution < 1.29 is 18.3 Å². The fourth-order valence-electron chi connectivity index (χ4n) is 4.29. The molecule has 3 heterocycles. The highest BCUT2D eigenvalue weighted by molar-refractivity contribution is 6.03. The lowest BCUT2D eigenvalue weighted by Crippen LogP contribution is -2.22. The van der Waals surface area contributed by atoms with Gasteiger partial charge in [-0.3, -0.25) is 9.78 Å². The Morgan fingerprint density at radius 1 is 1.19 bits per heavy atom. The molecule has 0 bridgehead atoms. The summed E-state index contributed by atoms with van der Waals surface area (Å²) in [6.45, 7) is 5.22. The molecule has 1 saturated heterocycles. The minimum absolute atomic E-state index is 0.0196. The number of pyridine rings is 1. The van der Waals surface area contributed by atoms with Crippen LogP contribution in [-0.2, 0) is 4.79 Å². The molecule has 0 radical (unpaired) electrons. The Morgan fingerprint density at radius 2 is 2.00 bits per heavy atom. The third kappa shape index (κ3) is 5.24. The van der Waals surface area contributed by atoms with Crippen molar-refractivity contribution in [2.75, 3.05) is 30.8 Å². The van der Waals surface area contributed by atoms with Crippen molar-refractivity contribution in [3.8, 4) is 16.9 Å². The van der Waals surface area contributed by atoms with Crippen molar-refractivity contribution in [2.24, 2.45) is 0 Å². The third-order valence-corrected chi connectivity index (χ3v) is 6.07. The van der Waals surface area contributed by atoms with Gasteiger partial charge < -0.3 is 20.3 Å². The molecular weight excluding hydrogens is 478 g/mol. The Labute approximate surface area is 212 Å². The Bertz CT molecular complexity index is 1480. The minimum atomic E-state index is -0.685. The highest BCUT2D eigenvalue weighted by Crippen LogP contribution is 2.35. The summed E-state index contributed by atoms with van der Waals surface area (Å²) in [7, 11) is 2.03. The molecule has 188 valence electrons. The number of nitrogens with one attached hydrogen (secondary N) is 2. The Kier molecular flexibility index (Phi) is 6.74. The molecule has 1 aliphatic heterocycles. The fraction of sp³-hybridized carbons (Fsp3) is 0.185. The summed E-state index contributed by atoms with van der Waals surface area (Å²) in [4.78, 5) is 27.2. The monoisotopic (exact) mass is 502 g/mol. The fourth-order valence-corrected chi connectivity index (χ4v) is 4.29. The summed E-state index contributed by atoms with van der Waals surface area (Å²) < 4.78 is 34.9. The van der Waals surface area contributed by atoms with E-state index in [1.165, 1.54) is 43.0 Å². The predicted molar refractivity (Wildman–Crippen MR) is 138 cm³/mol. The number of carbonyl (C=O) groups is 1. The molecule has 0 saturated carbocycles. The zero-order valence-electron chi connectivity index (χ0n) is 20.0. The van der Waals surface area contributed by atoms with E-state index in [-0.39, 0.29) is 23.1 Å². The van der Waals surface area contributed by atoms with Crippen molar-refractivity contribution in [1.29, 1.82) is 0 Å². The summed E-state index contributed by atoms with van der Waals surface area (Å²) in [5, 5.41) is 6.54. The second-order valence-electron chi connectivity index (χ2n) is 8.76. The Morgan fingerprint density at radius 3 is 2.73 bits per heavy atom. The number of hydrogen-bond donors (Lipinski definition) is 2. The van der Waals surface area contributed by atoms with Crippen LogP contribution in [0.5, 0.6) is 5.75 Å². The molecule has 4 aromatic rings. The standard InChI is InChI=1S/C27H24F2N6O2/c1-3-25(36)34-23-10-19-22(11-24(23)37-18-7-8-35(2)14-18)31-15-32-27(19)33-17-9-16(12-30-13-17)26-20(28)5-4-6-21(26)29/h3-6,9-13,15,18H,1,7-8,14H2,2H3,(H,34,36)(H,31,32,33). The van der Waals surface area contributed by atoms with E-state index in [0.29, 0.717) is 33.8 Å². The van der Waals surface area contributed by atoms with Gasteiger partial charge in [0.1, 0.15) is 35.6 Å². The van der Waals surface area contributed by atoms with Crippen LogP contribution in [0.2, 0.25) is 0 Å². The number of rotatable bonds is 7. The average Bonchev–Trinajstić information content (AvgIpc) is 3.29. The number of benzene rings is 2. The maximum atomic E-state index is 14.3. The second-order valence-corrected chi connectivity index (χ2v) is 8.76. The largest absolute Gasteiger partial charge is 0.487 e. The van der Waals surface area contributed by atoms with Gasteiger partial charge in [0.05, 0.1) is 28.7 Å². The van der Waals surface area contributed by atoms with Crippen molar-refractivity contribution in [3.63, 3.8) is 0 Å². The topological polar surface area (TPSA) is 92.3 Å². The number of hydrogen-bond acceptors (Lipinski definition) is 7. The van der Waals surface area contributed by atoms with Crippen LogP contribution >= 0.6 is 0 Å². The molecule has 2 aromatic heterocycles. The number of nitrogens with zero attached hydrogens (tertiary/aromatic N) is 4. The zero-order valence-corrected chi connectivity index (χ0v) is 20.0. The van der Waals surface area contributed by atoms with Crippen LogP contribution in [0.3, 0.4) is 0 Å². The summed E-state index contributed by atoms with van der Waals surface area (Å²) in [6, 6.07) is 8.75. The first-order chi connectivity index (χ1) is 17.9. The van der Waals surface area contributed by atoms with E-state index in [9.17, 15) is 13.6 Å². The number of fused-ring (bicyclic) bond motifs is 1.